The number of nitrogens with one attached hydrogen (secondary N) is 1. The minimum absolute atomic E-state index is 0.0990. The normalized spacial score (nSPS) is 16.1. The summed E-state index contributed by atoms with van der Waals surface area (Å²) in [6.45, 7) is 3.33. The van der Waals surface area contributed by atoms with E-state index in [1.54, 1.807) is 6.21 Å². The highest BCUT2D eigenvalue weighted by atomic mass is 16.5. The SMILES string of the molecule is CN(C)c1ccc(C=NNC(=O)CN2CCOCC2)cc1. The molecule has 1 aromatic carbocycles. The Balaban J connectivity index is 1.77. The fourth-order valence-corrected chi connectivity index (χ4v) is 2.04. The smallest absolute Gasteiger partial charge is 0.254 e. The van der Waals surface area contributed by atoms with Crippen molar-refractivity contribution >= 4 is 17.8 Å². The number of hydrogen-bond donors (Lipinski definition) is 1. The summed E-state index contributed by atoms with van der Waals surface area (Å²) in [5.74, 6) is -0.0990. The molecule has 1 heterocycles. The number of carbonyl (C=O) groups is 1. The van der Waals surface area contributed by atoms with Gasteiger partial charge in [-0.2, -0.15) is 5.10 Å². The number of carbonyl (C=O) groups excluding carboxylic acids is 1. The van der Waals surface area contributed by atoms with E-state index >= 15 is 0 Å². The first kappa shape index (κ1) is 15.5. The van der Waals surface area contributed by atoms with Gasteiger partial charge in [-0.15, -0.1) is 0 Å². The third-order valence-electron chi connectivity index (χ3n) is 3.28. The molecule has 0 atom stereocenters. The van der Waals surface area contributed by atoms with Crippen LogP contribution in [0.3, 0.4) is 0 Å². The van der Waals surface area contributed by atoms with Gasteiger partial charge in [0.2, 0.25) is 0 Å². The predicted octanol–water partition coefficient (Wildman–Crippen LogP) is 0.535. The Labute approximate surface area is 125 Å². The highest BCUT2D eigenvalue weighted by molar-refractivity contribution is 5.83. The van der Waals surface area contributed by atoms with Crippen LogP contribution >= 0.6 is 0 Å². The van der Waals surface area contributed by atoms with E-state index in [1.165, 1.54) is 0 Å². The van der Waals surface area contributed by atoms with Crippen molar-refractivity contribution in [3.63, 3.8) is 0 Å². The van der Waals surface area contributed by atoms with Crippen molar-refractivity contribution < 1.29 is 9.53 Å². The lowest BCUT2D eigenvalue weighted by molar-refractivity contribution is -0.123. The fraction of sp³-hybridized carbons (Fsp3) is 0.467. The van der Waals surface area contributed by atoms with Gasteiger partial charge in [0, 0.05) is 32.9 Å². The molecule has 1 aliphatic heterocycles. The largest absolute Gasteiger partial charge is 0.379 e. The molecule has 1 fully saturated rings. The maximum atomic E-state index is 11.7. The summed E-state index contributed by atoms with van der Waals surface area (Å²) in [5.41, 5.74) is 4.63. The molecule has 0 aromatic heterocycles. The standard InChI is InChI=1S/C15H22N4O2/c1-18(2)14-5-3-13(4-6-14)11-16-17-15(20)12-19-7-9-21-10-8-19/h3-6,11H,7-10,12H2,1-2H3,(H,17,20). The quantitative estimate of drug-likeness (QED) is 0.635. The fourth-order valence-electron chi connectivity index (χ4n) is 2.04. The first-order valence-corrected chi connectivity index (χ1v) is 7.04. The lowest BCUT2D eigenvalue weighted by Crippen LogP contribution is -2.42. The Hall–Kier alpha value is -1.92. The average Bonchev–Trinajstić information content (AvgIpc) is 2.49. The van der Waals surface area contributed by atoms with Gasteiger partial charge in [-0.1, -0.05) is 12.1 Å². The van der Waals surface area contributed by atoms with Crippen molar-refractivity contribution in [2.75, 3.05) is 51.8 Å². The molecule has 6 nitrogen and oxygen atoms in total. The summed E-state index contributed by atoms with van der Waals surface area (Å²) in [5, 5.41) is 3.99. The zero-order valence-corrected chi connectivity index (χ0v) is 12.6. The molecule has 0 aliphatic carbocycles. The Morgan fingerprint density at radius 3 is 2.62 bits per heavy atom. The van der Waals surface area contributed by atoms with Gasteiger partial charge in [-0.25, -0.2) is 5.43 Å². The zero-order chi connectivity index (χ0) is 15.1. The lowest BCUT2D eigenvalue weighted by Gasteiger charge is -2.25. The first-order chi connectivity index (χ1) is 10.1. The maximum Gasteiger partial charge on any atom is 0.254 e. The third-order valence-corrected chi connectivity index (χ3v) is 3.28. The van der Waals surface area contributed by atoms with Gasteiger partial charge in [-0.05, 0) is 17.7 Å². The van der Waals surface area contributed by atoms with Crippen molar-refractivity contribution in [1.29, 1.82) is 0 Å². The van der Waals surface area contributed by atoms with Crippen LogP contribution in [0.2, 0.25) is 0 Å². The van der Waals surface area contributed by atoms with Gasteiger partial charge in [-0.3, -0.25) is 9.69 Å². The average molecular weight is 290 g/mol. The van der Waals surface area contributed by atoms with E-state index in [1.807, 2.05) is 43.3 Å². The molecule has 0 spiro atoms. The first-order valence-electron chi connectivity index (χ1n) is 7.04. The van der Waals surface area contributed by atoms with Crippen LogP contribution in [0.15, 0.2) is 29.4 Å². The molecule has 1 N–H and O–H groups in total. The molecule has 6 heteroatoms. The minimum Gasteiger partial charge on any atom is -0.379 e. The predicted molar refractivity (Wildman–Crippen MR) is 83.8 cm³/mol. The van der Waals surface area contributed by atoms with Crippen molar-refractivity contribution in [1.82, 2.24) is 10.3 Å². The Kier molecular flexibility index (Phi) is 5.71. The van der Waals surface area contributed by atoms with E-state index in [2.05, 4.69) is 15.4 Å². The van der Waals surface area contributed by atoms with Gasteiger partial charge in [0.15, 0.2) is 0 Å². The van der Waals surface area contributed by atoms with Crippen molar-refractivity contribution in [2.24, 2.45) is 5.10 Å². The minimum atomic E-state index is -0.0990. The number of anilines is 1. The molecule has 114 valence electrons. The van der Waals surface area contributed by atoms with E-state index in [4.69, 9.17) is 4.74 Å². The number of hydrazone groups is 1. The summed E-state index contributed by atoms with van der Waals surface area (Å²) in [6, 6.07) is 7.95. The van der Waals surface area contributed by atoms with E-state index < -0.39 is 0 Å². The molecule has 21 heavy (non-hydrogen) atoms. The number of ether oxygens (including phenoxy) is 1. The van der Waals surface area contributed by atoms with E-state index in [9.17, 15) is 4.79 Å². The van der Waals surface area contributed by atoms with Gasteiger partial charge in [0.1, 0.15) is 0 Å². The molecule has 1 saturated heterocycles. The molecule has 2 rings (SSSR count). The van der Waals surface area contributed by atoms with Crippen LogP contribution in [0, 0.1) is 0 Å². The molecule has 1 aliphatic rings. The van der Waals surface area contributed by atoms with Crippen LogP contribution in [0.4, 0.5) is 5.69 Å². The Bertz CT molecular complexity index is 479. The monoisotopic (exact) mass is 290 g/mol. The number of rotatable bonds is 5. The summed E-state index contributed by atoms with van der Waals surface area (Å²) < 4.78 is 5.24. The molecule has 1 amide bonds. The second-order valence-electron chi connectivity index (χ2n) is 5.17. The number of benzene rings is 1. The molecule has 0 bridgehead atoms. The molecule has 0 radical (unpaired) electrons. The second-order valence-corrected chi connectivity index (χ2v) is 5.17. The van der Waals surface area contributed by atoms with Crippen LogP contribution in [0.5, 0.6) is 0 Å². The van der Waals surface area contributed by atoms with Crippen LogP contribution in [0.1, 0.15) is 5.56 Å². The highest BCUT2D eigenvalue weighted by Crippen LogP contribution is 2.10. The maximum absolute atomic E-state index is 11.7. The van der Waals surface area contributed by atoms with Crippen molar-refractivity contribution in [3.8, 4) is 0 Å². The van der Waals surface area contributed by atoms with Crippen LogP contribution < -0.4 is 10.3 Å². The molecular formula is C15H22N4O2. The van der Waals surface area contributed by atoms with Gasteiger partial charge >= 0.3 is 0 Å². The van der Waals surface area contributed by atoms with Crippen molar-refractivity contribution in [2.45, 2.75) is 0 Å². The van der Waals surface area contributed by atoms with Crippen molar-refractivity contribution in [3.05, 3.63) is 29.8 Å². The van der Waals surface area contributed by atoms with E-state index in [0.29, 0.717) is 19.8 Å². The number of amides is 1. The third kappa shape index (κ3) is 5.17. The van der Waals surface area contributed by atoms with Crippen LogP contribution in [-0.2, 0) is 9.53 Å². The number of nitrogens with zero attached hydrogens (tertiary/aromatic N) is 3. The number of morpholine rings is 1. The van der Waals surface area contributed by atoms with E-state index in [0.717, 1.165) is 24.3 Å². The summed E-state index contributed by atoms with van der Waals surface area (Å²) in [4.78, 5) is 15.8. The topological polar surface area (TPSA) is 57.2 Å². The van der Waals surface area contributed by atoms with Crippen LogP contribution in [0.25, 0.3) is 0 Å². The van der Waals surface area contributed by atoms with Gasteiger partial charge in [0.25, 0.3) is 5.91 Å². The second kappa shape index (κ2) is 7.75. The lowest BCUT2D eigenvalue weighted by atomic mass is 10.2. The summed E-state index contributed by atoms with van der Waals surface area (Å²) in [6.07, 6.45) is 1.65. The molecule has 1 aromatic rings. The number of hydrogen-bond acceptors (Lipinski definition) is 5. The molecule has 0 unspecified atom stereocenters. The van der Waals surface area contributed by atoms with E-state index in [-0.39, 0.29) is 5.91 Å². The van der Waals surface area contributed by atoms with Gasteiger partial charge in [0.05, 0.1) is 26.0 Å². The molecular weight excluding hydrogens is 268 g/mol. The Morgan fingerprint density at radius 1 is 1.33 bits per heavy atom. The summed E-state index contributed by atoms with van der Waals surface area (Å²) >= 11 is 0. The summed E-state index contributed by atoms with van der Waals surface area (Å²) in [7, 11) is 3.99. The zero-order valence-electron chi connectivity index (χ0n) is 12.6. The Morgan fingerprint density at radius 2 is 2.00 bits per heavy atom. The highest BCUT2D eigenvalue weighted by Gasteiger charge is 2.13. The van der Waals surface area contributed by atoms with Gasteiger partial charge < -0.3 is 9.64 Å². The van der Waals surface area contributed by atoms with Crippen LogP contribution in [-0.4, -0.2) is 64.0 Å². The molecule has 0 saturated carbocycles.